The number of halogens is 1. The van der Waals surface area contributed by atoms with Crippen molar-refractivity contribution in [1.29, 1.82) is 0 Å². The number of nitrogens with zero attached hydrogens (tertiary/aromatic N) is 1. The van der Waals surface area contributed by atoms with Gasteiger partial charge in [0.05, 0.1) is 5.56 Å². The highest BCUT2D eigenvalue weighted by Gasteiger charge is 2.31. The lowest BCUT2D eigenvalue weighted by atomic mass is 9.97. The molecular weight excluding hydrogens is 271 g/mol. The van der Waals surface area contributed by atoms with Crippen molar-refractivity contribution in [1.82, 2.24) is 10.2 Å². The molecule has 4 nitrogen and oxygen atoms in total. The third kappa shape index (κ3) is 3.24. The molecule has 2 saturated heterocycles. The van der Waals surface area contributed by atoms with Crippen LogP contribution in [0.4, 0.5) is 4.39 Å². The summed E-state index contributed by atoms with van der Waals surface area (Å²) in [5, 5.41) is 12.4. The molecule has 1 aromatic carbocycles. The molecule has 3 rings (SSSR count). The number of carboxylic acid groups (broad SMARTS) is 1. The number of hydrogen-bond acceptors (Lipinski definition) is 3. The summed E-state index contributed by atoms with van der Waals surface area (Å²) in [5.74, 6) is -1.36. The molecule has 0 saturated carbocycles. The van der Waals surface area contributed by atoms with Gasteiger partial charge in [0, 0.05) is 24.2 Å². The Morgan fingerprint density at radius 2 is 2.24 bits per heavy atom. The maximum absolute atomic E-state index is 13.8. The van der Waals surface area contributed by atoms with E-state index in [0.717, 1.165) is 19.4 Å². The van der Waals surface area contributed by atoms with Crippen molar-refractivity contribution in [2.75, 3.05) is 13.1 Å². The quantitative estimate of drug-likeness (QED) is 0.893. The summed E-state index contributed by atoms with van der Waals surface area (Å²) in [6.07, 6.45) is 4.74. The van der Waals surface area contributed by atoms with E-state index in [4.69, 9.17) is 5.11 Å². The maximum Gasteiger partial charge on any atom is 0.335 e. The van der Waals surface area contributed by atoms with Gasteiger partial charge in [-0.1, -0.05) is 0 Å². The summed E-state index contributed by atoms with van der Waals surface area (Å²) in [4.78, 5) is 13.5. The molecule has 0 aromatic heterocycles. The number of carboxylic acids is 1. The average molecular weight is 292 g/mol. The summed E-state index contributed by atoms with van der Waals surface area (Å²) >= 11 is 0. The highest BCUT2D eigenvalue weighted by molar-refractivity contribution is 5.87. The van der Waals surface area contributed by atoms with Crippen LogP contribution in [0.2, 0.25) is 0 Å². The molecule has 2 unspecified atom stereocenters. The van der Waals surface area contributed by atoms with Gasteiger partial charge >= 0.3 is 5.97 Å². The lowest BCUT2D eigenvalue weighted by Crippen LogP contribution is -2.45. The highest BCUT2D eigenvalue weighted by Crippen LogP contribution is 2.27. The Bertz CT molecular complexity index is 535. The van der Waals surface area contributed by atoms with E-state index in [1.165, 1.54) is 37.6 Å². The molecule has 0 spiro atoms. The largest absolute Gasteiger partial charge is 0.478 e. The first-order chi connectivity index (χ1) is 10.1. The number of aromatic carboxylic acids is 1. The predicted molar refractivity (Wildman–Crippen MR) is 77.8 cm³/mol. The van der Waals surface area contributed by atoms with Crippen molar-refractivity contribution in [3.63, 3.8) is 0 Å². The van der Waals surface area contributed by atoms with Gasteiger partial charge in [0.1, 0.15) is 5.82 Å². The number of hydrogen-bond donors (Lipinski definition) is 2. The van der Waals surface area contributed by atoms with Crippen LogP contribution in [0.15, 0.2) is 18.2 Å². The third-order valence-corrected chi connectivity index (χ3v) is 4.69. The fraction of sp³-hybridized carbons (Fsp3) is 0.562. The van der Waals surface area contributed by atoms with Crippen molar-refractivity contribution in [3.8, 4) is 0 Å². The molecule has 2 fully saturated rings. The molecule has 0 bridgehead atoms. The molecule has 114 valence electrons. The van der Waals surface area contributed by atoms with Crippen molar-refractivity contribution >= 4 is 5.97 Å². The highest BCUT2D eigenvalue weighted by atomic mass is 19.1. The van der Waals surface area contributed by atoms with Gasteiger partial charge in [-0.05, 0) is 57.0 Å². The zero-order valence-corrected chi connectivity index (χ0v) is 12.0. The topological polar surface area (TPSA) is 52.6 Å². The minimum Gasteiger partial charge on any atom is -0.478 e. The van der Waals surface area contributed by atoms with E-state index in [-0.39, 0.29) is 11.4 Å². The van der Waals surface area contributed by atoms with Gasteiger partial charge in [0.25, 0.3) is 0 Å². The Morgan fingerprint density at radius 3 is 3.05 bits per heavy atom. The Kier molecular flexibility index (Phi) is 4.22. The first-order valence-corrected chi connectivity index (χ1v) is 7.62. The molecule has 1 aromatic rings. The van der Waals surface area contributed by atoms with E-state index in [0.29, 0.717) is 24.2 Å². The number of carbonyl (C=O) groups is 1. The minimum absolute atomic E-state index is 0.138. The molecule has 5 heteroatoms. The zero-order valence-electron chi connectivity index (χ0n) is 12.0. The summed E-state index contributed by atoms with van der Waals surface area (Å²) in [6, 6.07) is 5.04. The van der Waals surface area contributed by atoms with Crippen LogP contribution < -0.4 is 5.32 Å². The smallest absolute Gasteiger partial charge is 0.335 e. The second kappa shape index (κ2) is 6.12. The van der Waals surface area contributed by atoms with Crippen LogP contribution in [0.3, 0.4) is 0 Å². The first kappa shape index (κ1) is 14.5. The lowest BCUT2D eigenvalue weighted by molar-refractivity contribution is 0.0696. The van der Waals surface area contributed by atoms with Crippen molar-refractivity contribution in [3.05, 3.63) is 35.1 Å². The molecule has 21 heavy (non-hydrogen) atoms. The van der Waals surface area contributed by atoms with Gasteiger partial charge in [0.2, 0.25) is 0 Å². The van der Waals surface area contributed by atoms with E-state index in [9.17, 15) is 9.18 Å². The molecule has 2 heterocycles. The molecule has 2 aliphatic rings. The number of piperidine rings is 1. The number of nitrogens with one attached hydrogen (secondary N) is 1. The van der Waals surface area contributed by atoms with Gasteiger partial charge in [0.15, 0.2) is 0 Å². The SMILES string of the molecule is O=C(O)c1ccc(F)c(CNC2CCN3CCCC3C2)c1. The van der Waals surface area contributed by atoms with E-state index < -0.39 is 5.97 Å². The molecule has 0 aliphatic carbocycles. The van der Waals surface area contributed by atoms with Gasteiger partial charge in [-0.15, -0.1) is 0 Å². The zero-order chi connectivity index (χ0) is 14.8. The van der Waals surface area contributed by atoms with E-state index in [1.807, 2.05) is 0 Å². The summed E-state index contributed by atoms with van der Waals surface area (Å²) in [6.45, 7) is 2.72. The molecule has 2 atom stereocenters. The fourth-order valence-corrected chi connectivity index (χ4v) is 3.51. The first-order valence-electron chi connectivity index (χ1n) is 7.62. The van der Waals surface area contributed by atoms with Gasteiger partial charge in [-0.2, -0.15) is 0 Å². The van der Waals surface area contributed by atoms with Crippen molar-refractivity contribution in [2.24, 2.45) is 0 Å². The molecule has 2 N–H and O–H groups in total. The monoisotopic (exact) mass is 292 g/mol. The maximum atomic E-state index is 13.8. The Balaban J connectivity index is 1.60. The van der Waals surface area contributed by atoms with Gasteiger partial charge < -0.3 is 15.3 Å². The molecule has 0 amide bonds. The Labute approximate surface area is 124 Å². The molecule has 0 radical (unpaired) electrons. The second-order valence-electron chi connectivity index (χ2n) is 6.05. The van der Waals surface area contributed by atoms with Gasteiger partial charge in [-0.25, -0.2) is 9.18 Å². The summed E-state index contributed by atoms with van der Waals surface area (Å²) in [7, 11) is 0. The normalized spacial score (nSPS) is 25.8. The van der Waals surface area contributed by atoms with Crippen LogP contribution in [0.5, 0.6) is 0 Å². The summed E-state index contributed by atoms with van der Waals surface area (Å²) < 4.78 is 13.8. The molecular formula is C16H21FN2O2. The van der Waals surface area contributed by atoms with Crippen LogP contribution in [0, 0.1) is 5.82 Å². The van der Waals surface area contributed by atoms with Crippen molar-refractivity contribution < 1.29 is 14.3 Å². The van der Waals surface area contributed by atoms with Crippen LogP contribution in [0.1, 0.15) is 41.6 Å². The Morgan fingerprint density at radius 1 is 1.38 bits per heavy atom. The Hall–Kier alpha value is -1.46. The van der Waals surface area contributed by atoms with E-state index >= 15 is 0 Å². The number of fused-ring (bicyclic) bond motifs is 1. The minimum atomic E-state index is -1.02. The number of rotatable bonds is 4. The molecule has 2 aliphatic heterocycles. The standard InChI is InChI=1S/C16H21FN2O2/c17-15-4-3-11(16(20)21)8-12(15)10-18-13-5-7-19-6-1-2-14(19)9-13/h3-4,8,13-14,18H,1-2,5-7,9-10H2,(H,20,21). The van der Waals surface area contributed by atoms with Crippen LogP contribution >= 0.6 is 0 Å². The predicted octanol–water partition coefficient (Wildman–Crippen LogP) is 2.24. The van der Waals surface area contributed by atoms with Crippen LogP contribution in [-0.4, -0.2) is 41.1 Å². The van der Waals surface area contributed by atoms with Crippen molar-refractivity contribution in [2.45, 2.75) is 44.3 Å². The van der Waals surface area contributed by atoms with E-state index in [1.54, 1.807) is 0 Å². The van der Waals surface area contributed by atoms with Crippen LogP contribution in [-0.2, 0) is 6.54 Å². The summed E-state index contributed by atoms with van der Waals surface area (Å²) in [5.41, 5.74) is 0.572. The second-order valence-corrected chi connectivity index (χ2v) is 6.05. The van der Waals surface area contributed by atoms with Crippen LogP contribution in [0.25, 0.3) is 0 Å². The lowest BCUT2D eigenvalue weighted by Gasteiger charge is -2.35. The fourth-order valence-electron chi connectivity index (χ4n) is 3.51. The van der Waals surface area contributed by atoms with Gasteiger partial charge in [-0.3, -0.25) is 0 Å². The third-order valence-electron chi connectivity index (χ3n) is 4.69. The average Bonchev–Trinajstić information content (AvgIpc) is 2.93. The van der Waals surface area contributed by atoms with E-state index in [2.05, 4.69) is 10.2 Å². The number of benzene rings is 1.